The molecule has 1 aromatic heterocycles. The number of rotatable bonds is 7. The van der Waals surface area contributed by atoms with E-state index in [1.54, 1.807) is 18.3 Å². The van der Waals surface area contributed by atoms with Crippen LogP contribution in [0.25, 0.3) is 0 Å². The van der Waals surface area contributed by atoms with E-state index in [9.17, 15) is 4.79 Å². The third kappa shape index (κ3) is 5.94. The molecule has 0 saturated heterocycles. The number of nitrogens with one attached hydrogen (secondary N) is 1. The molecule has 0 aliphatic rings. The van der Waals surface area contributed by atoms with Crippen molar-refractivity contribution in [1.82, 2.24) is 15.2 Å². The van der Waals surface area contributed by atoms with Crippen LogP contribution in [0.15, 0.2) is 18.3 Å². The van der Waals surface area contributed by atoms with Gasteiger partial charge in [-0.3, -0.25) is 4.79 Å². The highest BCUT2D eigenvalue weighted by molar-refractivity contribution is 5.94. The van der Waals surface area contributed by atoms with Crippen molar-refractivity contribution in [2.24, 2.45) is 5.73 Å². The van der Waals surface area contributed by atoms with Gasteiger partial charge in [-0.15, -0.1) is 0 Å². The van der Waals surface area contributed by atoms with E-state index in [0.29, 0.717) is 17.8 Å². The molecule has 1 amide bonds. The summed E-state index contributed by atoms with van der Waals surface area (Å²) in [6, 6.07) is 3.54. The normalized spacial score (nSPS) is 10.1. The van der Waals surface area contributed by atoms with Crippen LogP contribution in [0.1, 0.15) is 36.3 Å². The Balaban J connectivity index is 2.60. The van der Waals surface area contributed by atoms with E-state index in [0.717, 1.165) is 26.1 Å². The van der Waals surface area contributed by atoms with Gasteiger partial charge in [-0.05, 0) is 31.6 Å². The minimum atomic E-state index is -0.190. The van der Waals surface area contributed by atoms with Gasteiger partial charge in [0.15, 0.2) is 0 Å². The van der Waals surface area contributed by atoms with Crippen LogP contribution in [-0.4, -0.2) is 48.5 Å². The van der Waals surface area contributed by atoms with Crippen molar-refractivity contribution in [2.75, 3.05) is 32.7 Å². The average Bonchev–Trinajstić information content (AvgIpc) is 2.52. The molecule has 1 heterocycles. The molecule has 0 atom stereocenters. The number of carbonyl (C=O) groups is 1. The van der Waals surface area contributed by atoms with Crippen molar-refractivity contribution in [3.63, 3.8) is 0 Å². The SMILES string of the molecule is CCCN(CC)CCNC(=O)c1ncccc1C#CCN. The minimum Gasteiger partial charge on any atom is -0.349 e. The number of hydrogen-bond acceptors (Lipinski definition) is 4. The summed E-state index contributed by atoms with van der Waals surface area (Å²) in [7, 11) is 0. The predicted molar refractivity (Wildman–Crippen MR) is 84.9 cm³/mol. The fourth-order valence-electron chi connectivity index (χ4n) is 1.99. The Labute approximate surface area is 126 Å². The molecular formula is C16H24N4O. The van der Waals surface area contributed by atoms with Crippen LogP contribution in [0.3, 0.4) is 0 Å². The quantitative estimate of drug-likeness (QED) is 0.730. The predicted octanol–water partition coefficient (Wildman–Crippen LogP) is 0.854. The number of amides is 1. The van der Waals surface area contributed by atoms with Gasteiger partial charge in [-0.2, -0.15) is 0 Å². The van der Waals surface area contributed by atoms with E-state index < -0.39 is 0 Å². The maximum absolute atomic E-state index is 12.2. The van der Waals surface area contributed by atoms with Gasteiger partial charge in [0.05, 0.1) is 12.1 Å². The average molecular weight is 288 g/mol. The number of nitrogens with zero attached hydrogens (tertiary/aromatic N) is 2. The van der Waals surface area contributed by atoms with Crippen molar-refractivity contribution >= 4 is 5.91 Å². The first-order valence-electron chi connectivity index (χ1n) is 7.37. The standard InChI is InChI=1S/C16H24N4O/c1-3-12-20(4-2)13-11-19-16(21)15-14(7-5-9-17)8-6-10-18-15/h6,8,10H,3-4,9,11-13,17H2,1-2H3,(H,19,21). The first kappa shape index (κ1) is 17.2. The minimum absolute atomic E-state index is 0.190. The number of hydrogen-bond donors (Lipinski definition) is 2. The van der Waals surface area contributed by atoms with Gasteiger partial charge < -0.3 is 16.0 Å². The van der Waals surface area contributed by atoms with Crippen LogP contribution in [0, 0.1) is 11.8 Å². The Hall–Kier alpha value is -1.90. The first-order valence-corrected chi connectivity index (χ1v) is 7.37. The molecule has 5 heteroatoms. The Morgan fingerprint density at radius 3 is 2.90 bits per heavy atom. The second-order valence-corrected chi connectivity index (χ2v) is 4.60. The third-order valence-corrected chi connectivity index (χ3v) is 3.05. The summed E-state index contributed by atoms with van der Waals surface area (Å²) in [5.74, 6) is 5.44. The van der Waals surface area contributed by atoms with Gasteiger partial charge in [-0.1, -0.05) is 25.7 Å². The molecule has 0 aromatic carbocycles. The maximum Gasteiger partial charge on any atom is 0.271 e. The van der Waals surface area contributed by atoms with E-state index in [4.69, 9.17) is 5.73 Å². The molecule has 0 aliphatic carbocycles. The zero-order valence-electron chi connectivity index (χ0n) is 12.9. The van der Waals surface area contributed by atoms with Crippen molar-refractivity contribution in [3.8, 4) is 11.8 Å². The van der Waals surface area contributed by atoms with Crippen molar-refractivity contribution in [3.05, 3.63) is 29.6 Å². The highest BCUT2D eigenvalue weighted by Gasteiger charge is 2.11. The second-order valence-electron chi connectivity index (χ2n) is 4.60. The molecule has 0 fully saturated rings. The number of nitrogens with two attached hydrogens (primary N) is 1. The summed E-state index contributed by atoms with van der Waals surface area (Å²) in [6.45, 7) is 8.01. The third-order valence-electron chi connectivity index (χ3n) is 3.05. The van der Waals surface area contributed by atoms with E-state index in [2.05, 4.69) is 40.9 Å². The summed E-state index contributed by atoms with van der Waals surface area (Å²) in [4.78, 5) is 18.6. The van der Waals surface area contributed by atoms with Crippen LogP contribution in [0.5, 0.6) is 0 Å². The summed E-state index contributed by atoms with van der Waals surface area (Å²) >= 11 is 0. The molecule has 0 spiro atoms. The molecule has 3 N–H and O–H groups in total. The molecule has 0 radical (unpaired) electrons. The highest BCUT2D eigenvalue weighted by Crippen LogP contribution is 2.03. The van der Waals surface area contributed by atoms with E-state index in [1.807, 2.05) is 0 Å². The molecule has 114 valence electrons. The molecule has 0 bridgehead atoms. The van der Waals surface area contributed by atoms with E-state index in [1.165, 1.54) is 0 Å². The number of carbonyl (C=O) groups excluding carboxylic acids is 1. The molecule has 21 heavy (non-hydrogen) atoms. The Kier molecular flexibility index (Phi) is 8.10. The van der Waals surface area contributed by atoms with Gasteiger partial charge >= 0.3 is 0 Å². The van der Waals surface area contributed by atoms with E-state index >= 15 is 0 Å². The van der Waals surface area contributed by atoms with E-state index in [-0.39, 0.29) is 12.5 Å². The van der Waals surface area contributed by atoms with Crippen LogP contribution in [0.4, 0.5) is 0 Å². The smallest absolute Gasteiger partial charge is 0.271 e. The maximum atomic E-state index is 12.2. The number of likely N-dealkylation sites (N-methyl/N-ethyl adjacent to an activating group) is 1. The second kappa shape index (κ2) is 9.92. The van der Waals surface area contributed by atoms with Gasteiger partial charge in [-0.25, -0.2) is 4.98 Å². The molecule has 0 aliphatic heterocycles. The largest absolute Gasteiger partial charge is 0.349 e. The Morgan fingerprint density at radius 2 is 2.24 bits per heavy atom. The molecule has 0 unspecified atom stereocenters. The Bertz CT molecular complexity index is 504. The fourth-order valence-corrected chi connectivity index (χ4v) is 1.99. The lowest BCUT2D eigenvalue weighted by Crippen LogP contribution is -2.35. The molecule has 1 rings (SSSR count). The van der Waals surface area contributed by atoms with Crippen molar-refractivity contribution in [1.29, 1.82) is 0 Å². The van der Waals surface area contributed by atoms with Crippen LogP contribution in [-0.2, 0) is 0 Å². The zero-order valence-corrected chi connectivity index (χ0v) is 12.9. The molecule has 0 saturated carbocycles. The lowest BCUT2D eigenvalue weighted by molar-refractivity contribution is 0.0943. The number of aromatic nitrogens is 1. The summed E-state index contributed by atoms with van der Waals surface area (Å²) in [5.41, 5.74) is 6.33. The zero-order chi connectivity index (χ0) is 15.5. The van der Waals surface area contributed by atoms with Gasteiger partial charge in [0, 0.05) is 19.3 Å². The number of pyridine rings is 1. The summed E-state index contributed by atoms with van der Waals surface area (Å²) < 4.78 is 0. The topological polar surface area (TPSA) is 71.2 Å². The summed E-state index contributed by atoms with van der Waals surface area (Å²) in [6.07, 6.45) is 2.71. The lowest BCUT2D eigenvalue weighted by atomic mass is 10.2. The van der Waals surface area contributed by atoms with Crippen molar-refractivity contribution in [2.45, 2.75) is 20.3 Å². The first-order chi connectivity index (χ1) is 10.2. The monoisotopic (exact) mass is 288 g/mol. The summed E-state index contributed by atoms with van der Waals surface area (Å²) in [5, 5.41) is 2.90. The Morgan fingerprint density at radius 1 is 1.43 bits per heavy atom. The van der Waals surface area contributed by atoms with Crippen LogP contribution < -0.4 is 11.1 Å². The molecular weight excluding hydrogens is 264 g/mol. The molecule has 1 aromatic rings. The van der Waals surface area contributed by atoms with Crippen LogP contribution >= 0.6 is 0 Å². The van der Waals surface area contributed by atoms with Crippen molar-refractivity contribution < 1.29 is 4.79 Å². The molecule has 5 nitrogen and oxygen atoms in total. The lowest BCUT2D eigenvalue weighted by Gasteiger charge is -2.19. The van der Waals surface area contributed by atoms with Gasteiger partial charge in [0.1, 0.15) is 5.69 Å². The van der Waals surface area contributed by atoms with Gasteiger partial charge in [0.25, 0.3) is 5.91 Å². The van der Waals surface area contributed by atoms with Crippen LogP contribution in [0.2, 0.25) is 0 Å². The van der Waals surface area contributed by atoms with Gasteiger partial charge in [0.2, 0.25) is 0 Å². The fraction of sp³-hybridized carbons (Fsp3) is 0.500. The highest BCUT2D eigenvalue weighted by atomic mass is 16.1.